The number of carbonyl (C=O) groups is 2. The lowest BCUT2D eigenvalue weighted by Crippen LogP contribution is -2.20. The predicted octanol–water partition coefficient (Wildman–Crippen LogP) is 1.78. The van der Waals surface area contributed by atoms with Gasteiger partial charge in [-0.15, -0.1) is 0 Å². The second kappa shape index (κ2) is 5.79. The van der Waals surface area contributed by atoms with Crippen LogP contribution in [0.15, 0.2) is 30.0 Å². The lowest BCUT2D eigenvalue weighted by atomic mass is 10.0. The van der Waals surface area contributed by atoms with Crippen LogP contribution in [-0.4, -0.2) is 17.5 Å². The van der Waals surface area contributed by atoms with Crippen molar-refractivity contribution < 1.29 is 19.1 Å². The van der Waals surface area contributed by atoms with Crippen molar-refractivity contribution >= 4 is 18.0 Å². The molecule has 0 heterocycles. The molecule has 4 nitrogen and oxygen atoms in total. The van der Waals surface area contributed by atoms with E-state index in [0.717, 1.165) is 0 Å². The van der Waals surface area contributed by atoms with Gasteiger partial charge >= 0.3 is 5.97 Å². The Kier molecular flexibility index (Phi) is 4.39. The number of hydrogen-bond acceptors (Lipinski definition) is 2. The number of nitrogens with one attached hydrogen (secondary N) is 1. The molecule has 0 saturated carbocycles. The minimum absolute atomic E-state index is 0.229. The molecule has 0 aliphatic heterocycles. The molecular weight excluding hydrogens is 225 g/mol. The van der Waals surface area contributed by atoms with Gasteiger partial charge in [0.2, 0.25) is 6.41 Å². The monoisotopic (exact) mass is 237 g/mol. The van der Waals surface area contributed by atoms with E-state index in [0.29, 0.717) is 24.0 Å². The summed E-state index contributed by atoms with van der Waals surface area (Å²) in [5, 5.41) is 11.1. The number of halogens is 1. The van der Waals surface area contributed by atoms with E-state index < -0.39 is 11.8 Å². The summed E-state index contributed by atoms with van der Waals surface area (Å²) in [4.78, 5) is 21.3. The zero-order valence-electron chi connectivity index (χ0n) is 9.24. The van der Waals surface area contributed by atoms with Gasteiger partial charge in [-0.3, -0.25) is 4.79 Å². The summed E-state index contributed by atoms with van der Waals surface area (Å²) in [6, 6.07) is 5.58. The van der Waals surface area contributed by atoms with Crippen molar-refractivity contribution in [1.82, 2.24) is 5.32 Å². The molecular formula is C12H12FNO3. The van der Waals surface area contributed by atoms with Crippen LogP contribution in [0.1, 0.15) is 18.9 Å². The van der Waals surface area contributed by atoms with Gasteiger partial charge < -0.3 is 10.4 Å². The highest BCUT2D eigenvalue weighted by molar-refractivity contribution is 5.97. The van der Waals surface area contributed by atoms with E-state index >= 15 is 0 Å². The number of aliphatic carboxylic acids is 1. The molecule has 0 atom stereocenters. The van der Waals surface area contributed by atoms with Crippen LogP contribution in [0.2, 0.25) is 0 Å². The van der Waals surface area contributed by atoms with Crippen LogP contribution in [0.4, 0.5) is 4.39 Å². The third-order valence-electron chi connectivity index (χ3n) is 2.25. The summed E-state index contributed by atoms with van der Waals surface area (Å²) in [5.41, 5.74) is 0.594. The standard InChI is InChI=1S/C12H12FNO3/c1-2-10(11(12(16)17)14-7-15)8-4-3-5-9(13)6-8/h3-7H,2H2,1H3,(H,14,15)(H,16,17)/b11-10+. The van der Waals surface area contributed by atoms with E-state index in [1.165, 1.54) is 18.2 Å². The molecule has 0 aliphatic rings. The van der Waals surface area contributed by atoms with Crippen molar-refractivity contribution in [2.75, 3.05) is 0 Å². The SMILES string of the molecule is CC/C(=C(\NC=O)C(=O)O)c1cccc(F)c1. The second-order valence-corrected chi connectivity index (χ2v) is 3.28. The number of amides is 1. The first-order valence-corrected chi connectivity index (χ1v) is 5.02. The summed E-state index contributed by atoms with van der Waals surface area (Å²) in [6.45, 7) is 1.73. The number of carboxylic acid groups (broad SMARTS) is 1. The van der Waals surface area contributed by atoms with Crippen LogP contribution in [0.5, 0.6) is 0 Å². The van der Waals surface area contributed by atoms with Gasteiger partial charge in [0.05, 0.1) is 0 Å². The number of allylic oxidation sites excluding steroid dienone is 1. The zero-order chi connectivity index (χ0) is 12.8. The van der Waals surface area contributed by atoms with Crippen LogP contribution in [0, 0.1) is 5.82 Å². The Labute approximate surface area is 97.8 Å². The summed E-state index contributed by atoms with van der Waals surface area (Å²) < 4.78 is 13.1. The van der Waals surface area contributed by atoms with Crippen molar-refractivity contribution in [3.8, 4) is 0 Å². The molecule has 0 radical (unpaired) electrons. The molecule has 0 aromatic heterocycles. The van der Waals surface area contributed by atoms with Crippen LogP contribution in [0.25, 0.3) is 5.57 Å². The van der Waals surface area contributed by atoms with E-state index in [-0.39, 0.29) is 5.70 Å². The van der Waals surface area contributed by atoms with Gasteiger partial charge in [-0.25, -0.2) is 9.18 Å². The first-order chi connectivity index (χ1) is 8.10. The van der Waals surface area contributed by atoms with E-state index in [1.807, 2.05) is 0 Å². The van der Waals surface area contributed by atoms with Gasteiger partial charge in [0, 0.05) is 0 Å². The van der Waals surface area contributed by atoms with Crippen LogP contribution in [0.3, 0.4) is 0 Å². The van der Waals surface area contributed by atoms with Crippen molar-refractivity contribution in [3.05, 3.63) is 41.3 Å². The molecule has 0 bridgehead atoms. The molecule has 1 amide bonds. The molecule has 0 unspecified atom stereocenters. The smallest absolute Gasteiger partial charge is 0.352 e. The van der Waals surface area contributed by atoms with E-state index in [2.05, 4.69) is 5.32 Å². The maximum atomic E-state index is 13.1. The number of hydrogen-bond donors (Lipinski definition) is 2. The van der Waals surface area contributed by atoms with E-state index in [4.69, 9.17) is 5.11 Å². The summed E-state index contributed by atoms with van der Waals surface area (Å²) in [7, 11) is 0. The molecule has 2 N–H and O–H groups in total. The fraction of sp³-hybridized carbons (Fsp3) is 0.167. The first-order valence-electron chi connectivity index (χ1n) is 5.02. The van der Waals surface area contributed by atoms with Gasteiger partial charge in [-0.05, 0) is 29.7 Å². The predicted molar refractivity (Wildman–Crippen MR) is 60.4 cm³/mol. The summed E-state index contributed by atoms with van der Waals surface area (Å²) in [6.07, 6.45) is 0.657. The Balaban J connectivity index is 3.32. The van der Waals surface area contributed by atoms with Crippen molar-refractivity contribution in [2.24, 2.45) is 0 Å². The van der Waals surface area contributed by atoms with Gasteiger partial charge in [0.25, 0.3) is 0 Å². The molecule has 0 saturated heterocycles. The minimum atomic E-state index is -1.25. The van der Waals surface area contributed by atoms with E-state index in [1.54, 1.807) is 13.0 Å². The second-order valence-electron chi connectivity index (χ2n) is 3.28. The third-order valence-corrected chi connectivity index (χ3v) is 2.25. The fourth-order valence-corrected chi connectivity index (χ4v) is 1.54. The topological polar surface area (TPSA) is 66.4 Å². The lowest BCUT2D eigenvalue weighted by molar-refractivity contribution is -0.133. The van der Waals surface area contributed by atoms with Crippen LogP contribution in [-0.2, 0) is 9.59 Å². The Morgan fingerprint density at radius 2 is 2.24 bits per heavy atom. The average Bonchev–Trinajstić information content (AvgIpc) is 2.29. The Morgan fingerprint density at radius 3 is 2.71 bits per heavy atom. The Morgan fingerprint density at radius 1 is 1.53 bits per heavy atom. The molecule has 5 heteroatoms. The molecule has 1 rings (SSSR count). The van der Waals surface area contributed by atoms with Gasteiger partial charge in [0.1, 0.15) is 11.5 Å². The van der Waals surface area contributed by atoms with Crippen molar-refractivity contribution in [3.63, 3.8) is 0 Å². The quantitative estimate of drug-likeness (QED) is 0.606. The largest absolute Gasteiger partial charge is 0.477 e. The molecule has 0 aliphatic carbocycles. The Bertz CT molecular complexity index is 469. The van der Waals surface area contributed by atoms with Crippen molar-refractivity contribution in [1.29, 1.82) is 0 Å². The number of benzene rings is 1. The molecule has 0 spiro atoms. The normalized spacial score (nSPS) is 11.6. The van der Waals surface area contributed by atoms with E-state index in [9.17, 15) is 14.0 Å². The van der Waals surface area contributed by atoms with Gasteiger partial charge in [0.15, 0.2) is 0 Å². The third kappa shape index (κ3) is 3.14. The summed E-state index contributed by atoms with van der Waals surface area (Å²) >= 11 is 0. The maximum absolute atomic E-state index is 13.1. The highest BCUT2D eigenvalue weighted by Crippen LogP contribution is 2.21. The van der Waals surface area contributed by atoms with Crippen molar-refractivity contribution in [2.45, 2.75) is 13.3 Å². The zero-order valence-corrected chi connectivity index (χ0v) is 9.24. The highest BCUT2D eigenvalue weighted by atomic mass is 19.1. The number of rotatable bonds is 5. The maximum Gasteiger partial charge on any atom is 0.352 e. The van der Waals surface area contributed by atoms with Gasteiger partial charge in [-0.1, -0.05) is 19.1 Å². The minimum Gasteiger partial charge on any atom is -0.477 e. The highest BCUT2D eigenvalue weighted by Gasteiger charge is 2.14. The van der Waals surface area contributed by atoms with Crippen LogP contribution >= 0.6 is 0 Å². The molecule has 90 valence electrons. The average molecular weight is 237 g/mol. The molecule has 0 fully saturated rings. The van der Waals surface area contributed by atoms with Gasteiger partial charge in [-0.2, -0.15) is 0 Å². The first kappa shape index (κ1) is 12.9. The van der Waals surface area contributed by atoms with Crippen LogP contribution < -0.4 is 5.32 Å². The Hall–Kier alpha value is -2.17. The molecule has 1 aromatic carbocycles. The number of carboxylic acids is 1. The molecule has 17 heavy (non-hydrogen) atoms. The fourth-order valence-electron chi connectivity index (χ4n) is 1.54. The number of carbonyl (C=O) groups excluding carboxylic acids is 1. The summed E-state index contributed by atoms with van der Waals surface area (Å²) in [5.74, 6) is -1.71. The lowest BCUT2D eigenvalue weighted by Gasteiger charge is -2.10. The molecule has 1 aromatic rings.